The number of aromatic amines is 1. The van der Waals surface area contributed by atoms with Gasteiger partial charge in [-0.2, -0.15) is 13.2 Å². The molecule has 1 N–H and O–H groups in total. The summed E-state index contributed by atoms with van der Waals surface area (Å²) < 4.78 is 68.9. The van der Waals surface area contributed by atoms with Crippen molar-refractivity contribution in [1.29, 1.82) is 0 Å². The minimum Gasteiger partial charge on any atom is -0.338 e. The predicted octanol–water partition coefficient (Wildman–Crippen LogP) is 4.05. The summed E-state index contributed by atoms with van der Waals surface area (Å²) in [5.41, 5.74) is -3.66. The third-order valence-electron chi connectivity index (χ3n) is 7.87. The Kier molecular flexibility index (Phi) is 8.25. The van der Waals surface area contributed by atoms with Crippen LogP contribution in [0.15, 0.2) is 38.8 Å². The standard InChI is InChI=1S/C27H27Cl2F3N4O5S/c1-2-42(40,41)21-6-5-16(28)10-15(21)12-36-25(38)18-11-20(27(30,31)32)19(23(29)24(18)33-26(36)39)14-34-9-7-17(13-34)35-8-3-4-22(35)37/h5-6,10-11,17H,2-4,7-9,12-14H2,1H3,(H,33,39)/t17-/m1/s1. The maximum Gasteiger partial charge on any atom is 0.416 e. The molecule has 5 rings (SSSR count). The van der Waals surface area contributed by atoms with Crippen LogP contribution in [0.5, 0.6) is 0 Å². The zero-order valence-corrected chi connectivity index (χ0v) is 24.8. The number of nitrogens with one attached hydrogen (secondary N) is 1. The highest BCUT2D eigenvalue weighted by atomic mass is 35.5. The van der Waals surface area contributed by atoms with Crippen molar-refractivity contribution in [1.82, 2.24) is 19.4 Å². The Bertz CT molecular complexity index is 1810. The first-order valence-corrected chi connectivity index (χ1v) is 15.7. The maximum absolute atomic E-state index is 14.3. The summed E-state index contributed by atoms with van der Waals surface area (Å²) in [6.07, 6.45) is -3.05. The number of nitrogens with zero attached hydrogens (tertiary/aromatic N) is 3. The molecule has 1 amide bonds. The Labute approximate surface area is 248 Å². The average Bonchev–Trinajstić information content (AvgIpc) is 3.56. The highest BCUT2D eigenvalue weighted by molar-refractivity contribution is 7.91. The van der Waals surface area contributed by atoms with E-state index < -0.39 is 49.8 Å². The van der Waals surface area contributed by atoms with Gasteiger partial charge in [-0.25, -0.2) is 13.2 Å². The van der Waals surface area contributed by atoms with Crippen molar-refractivity contribution in [2.75, 3.05) is 25.4 Å². The third kappa shape index (κ3) is 5.71. The van der Waals surface area contributed by atoms with Gasteiger partial charge in [0.25, 0.3) is 5.56 Å². The van der Waals surface area contributed by atoms with Crippen molar-refractivity contribution in [2.24, 2.45) is 0 Å². The molecule has 0 aliphatic carbocycles. The number of rotatable bonds is 7. The smallest absolute Gasteiger partial charge is 0.338 e. The van der Waals surface area contributed by atoms with E-state index in [1.165, 1.54) is 25.1 Å². The van der Waals surface area contributed by atoms with Crippen molar-refractivity contribution < 1.29 is 26.4 Å². The lowest BCUT2D eigenvalue weighted by atomic mass is 10.0. The first-order chi connectivity index (χ1) is 19.7. The molecule has 2 saturated heterocycles. The predicted molar refractivity (Wildman–Crippen MR) is 152 cm³/mol. The third-order valence-corrected chi connectivity index (χ3v) is 10.4. The van der Waals surface area contributed by atoms with Crippen molar-refractivity contribution in [3.63, 3.8) is 0 Å². The summed E-state index contributed by atoms with van der Waals surface area (Å²) in [6, 6.07) is 4.46. The van der Waals surface area contributed by atoms with Crippen LogP contribution in [-0.4, -0.2) is 65.1 Å². The van der Waals surface area contributed by atoms with Gasteiger partial charge in [0.1, 0.15) is 0 Å². The number of H-pyrrole nitrogens is 1. The molecule has 1 aromatic heterocycles. The van der Waals surface area contributed by atoms with Crippen LogP contribution in [0.4, 0.5) is 13.2 Å². The Hall–Kier alpha value is -2.87. The van der Waals surface area contributed by atoms with Gasteiger partial charge in [0.2, 0.25) is 5.91 Å². The Morgan fingerprint density at radius 3 is 2.45 bits per heavy atom. The molecule has 0 unspecified atom stereocenters. The fraction of sp³-hybridized carbons (Fsp3) is 0.444. The number of aromatic nitrogens is 2. The number of sulfone groups is 1. The molecule has 0 radical (unpaired) electrons. The van der Waals surface area contributed by atoms with Crippen molar-refractivity contribution in [2.45, 2.75) is 56.4 Å². The molecule has 9 nitrogen and oxygen atoms in total. The molecule has 3 heterocycles. The highest BCUT2D eigenvalue weighted by Crippen LogP contribution is 2.39. The highest BCUT2D eigenvalue weighted by Gasteiger charge is 2.38. The lowest BCUT2D eigenvalue weighted by Crippen LogP contribution is -2.38. The molecule has 42 heavy (non-hydrogen) atoms. The van der Waals surface area contributed by atoms with Gasteiger partial charge in [-0.3, -0.25) is 19.1 Å². The number of hydrogen-bond acceptors (Lipinski definition) is 6. The van der Waals surface area contributed by atoms with Gasteiger partial charge in [-0.05, 0) is 48.2 Å². The lowest BCUT2D eigenvalue weighted by molar-refractivity contribution is -0.138. The molecule has 2 aromatic carbocycles. The van der Waals surface area contributed by atoms with E-state index in [0.717, 1.165) is 6.42 Å². The molecule has 15 heteroatoms. The quantitative estimate of drug-likeness (QED) is 0.414. The molecule has 226 valence electrons. The Morgan fingerprint density at radius 1 is 1.07 bits per heavy atom. The molecular formula is C27H27Cl2F3N4O5S. The van der Waals surface area contributed by atoms with Crippen LogP contribution in [0.1, 0.15) is 42.9 Å². The van der Waals surface area contributed by atoms with Gasteiger partial charge in [0, 0.05) is 43.7 Å². The molecule has 0 spiro atoms. The van der Waals surface area contributed by atoms with Crippen LogP contribution in [0.2, 0.25) is 10.0 Å². The minimum atomic E-state index is -4.88. The number of likely N-dealkylation sites (tertiary alicyclic amines) is 2. The van der Waals surface area contributed by atoms with Crippen molar-refractivity contribution in [3.05, 3.63) is 71.8 Å². The van der Waals surface area contributed by atoms with Crippen LogP contribution in [0.25, 0.3) is 10.9 Å². The monoisotopic (exact) mass is 646 g/mol. The average molecular weight is 648 g/mol. The van der Waals surface area contributed by atoms with Crippen molar-refractivity contribution >= 4 is 49.8 Å². The number of benzene rings is 2. The van der Waals surface area contributed by atoms with Crippen LogP contribution >= 0.6 is 23.2 Å². The number of hydrogen-bond donors (Lipinski definition) is 1. The molecule has 0 saturated carbocycles. The molecule has 3 aromatic rings. The molecular weight excluding hydrogens is 620 g/mol. The van der Waals surface area contributed by atoms with E-state index in [0.29, 0.717) is 43.1 Å². The molecule has 1 atom stereocenters. The van der Waals surface area contributed by atoms with E-state index in [1.807, 2.05) is 0 Å². The zero-order valence-electron chi connectivity index (χ0n) is 22.4. The number of alkyl halides is 3. The topological polar surface area (TPSA) is 113 Å². The second-order valence-corrected chi connectivity index (χ2v) is 13.5. The van der Waals surface area contributed by atoms with Gasteiger partial charge in [-0.15, -0.1) is 0 Å². The number of carbonyl (C=O) groups is 1. The molecule has 0 bridgehead atoms. The SMILES string of the molecule is CCS(=O)(=O)c1ccc(Cl)cc1Cn1c(=O)[nH]c2c(Cl)c(CN3CC[C@@H](N4CCCC4=O)C3)c(C(F)(F)F)cc2c1=O. The zero-order chi connectivity index (χ0) is 30.6. The van der Waals surface area contributed by atoms with E-state index in [9.17, 15) is 36.0 Å². The van der Waals surface area contributed by atoms with E-state index in [1.54, 1.807) is 9.80 Å². The summed E-state index contributed by atoms with van der Waals surface area (Å²) in [6.45, 7) is 2.11. The lowest BCUT2D eigenvalue weighted by Gasteiger charge is -2.25. The first-order valence-electron chi connectivity index (χ1n) is 13.3. The fourth-order valence-electron chi connectivity index (χ4n) is 5.73. The maximum atomic E-state index is 14.3. The van der Waals surface area contributed by atoms with E-state index in [-0.39, 0.29) is 50.8 Å². The first kappa shape index (κ1) is 30.6. The number of amides is 1. The van der Waals surface area contributed by atoms with Gasteiger partial charge < -0.3 is 9.88 Å². The van der Waals surface area contributed by atoms with Crippen LogP contribution in [-0.2, 0) is 33.9 Å². The largest absolute Gasteiger partial charge is 0.416 e. The number of carbonyl (C=O) groups excluding carboxylic acids is 1. The Balaban J connectivity index is 1.57. The summed E-state index contributed by atoms with van der Waals surface area (Å²) >= 11 is 12.5. The van der Waals surface area contributed by atoms with Gasteiger partial charge >= 0.3 is 11.9 Å². The van der Waals surface area contributed by atoms with Gasteiger partial charge in [0.15, 0.2) is 9.84 Å². The van der Waals surface area contributed by atoms with E-state index in [2.05, 4.69) is 4.98 Å². The molecule has 2 fully saturated rings. The summed E-state index contributed by atoms with van der Waals surface area (Å²) in [4.78, 5) is 44.5. The van der Waals surface area contributed by atoms with E-state index >= 15 is 0 Å². The van der Waals surface area contributed by atoms with Crippen LogP contribution in [0, 0.1) is 0 Å². The van der Waals surface area contributed by atoms with Crippen molar-refractivity contribution in [3.8, 4) is 0 Å². The van der Waals surface area contributed by atoms with Crippen LogP contribution < -0.4 is 11.2 Å². The van der Waals surface area contributed by atoms with Gasteiger partial charge in [-0.1, -0.05) is 30.1 Å². The number of halogens is 5. The van der Waals surface area contributed by atoms with Crippen LogP contribution in [0.3, 0.4) is 0 Å². The van der Waals surface area contributed by atoms with Gasteiger partial charge in [0.05, 0.1) is 38.7 Å². The summed E-state index contributed by atoms with van der Waals surface area (Å²) in [7, 11) is -3.78. The summed E-state index contributed by atoms with van der Waals surface area (Å²) in [5.74, 6) is -0.225. The number of fused-ring (bicyclic) bond motifs is 1. The van der Waals surface area contributed by atoms with E-state index in [4.69, 9.17) is 23.2 Å². The summed E-state index contributed by atoms with van der Waals surface area (Å²) in [5, 5.41) is -0.728. The molecule has 2 aliphatic rings. The second kappa shape index (κ2) is 11.3. The normalized spacial score (nSPS) is 18.5. The molecule has 2 aliphatic heterocycles. The Morgan fingerprint density at radius 2 is 1.81 bits per heavy atom. The minimum absolute atomic E-state index is 0.0348. The second-order valence-electron chi connectivity index (χ2n) is 10.5. The fourth-order valence-corrected chi connectivity index (χ4v) is 7.35.